The van der Waals surface area contributed by atoms with Crippen molar-refractivity contribution in [3.05, 3.63) is 10.4 Å². The van der Waals surface area contributed by atoms with Gasteiger partial charge in [-0.1, -0.05) is 5.11 Å². The Labute approximate surface area is 111 Å². The van der Waals surface area contributed by atoms with Crippen LogP contribution in [0, 0.1) is 0 Å². The van der Waals surface area contributed by atoms with Gasteiger partial charge in [0.15, 0.2) is 6.79 Å². The molecule has 0 aromatic heterocycles. The number of carbonyl (C=O) groups excluding carboxylic acids is 1. The predicted molar refractivity (Wildman–Crippen MR) is 64.4 cm³/mol. The number of rotatable bonds is 15. The van der Waals surface area contributed by atoms with E-state index in [2.05, 4.69) is 14.8 Å². The third-order valence-electron chi connectivity index (χ3n) is 1.73. The summed E-state index contributed by atoms with van der Waals surface area (Å²) in [6.07, 6.45) is 0. The molecule has 0 bridgehead atoms. The molecule has 0 fully saturated rings. The Balaban J connectivity index is 2.95. The molecule has 19 heavy (non-hydrogen) atoms. The summed E-state index contributed by atoms with van der Waals surface area (Å²) in [5.74, 6) is 0. The van der Waals surface area contributed by atoms with Crippen LogP contribution in [0.4, 0.5) is 0 Å². The lowest BCUT2D eigenvalue weighted by Crippen LogP contribution is -2.12. The van der Waals surface area contributed by atoms with Crippen LogP contribution in [0.3, 0.4) is 0 Å². The number of hydrogen-bond acceptors (Lipinski definition) is 7. The van der Waals surface area contributed by atoms with Crippen molar-refractivity contribution in [2.24, 2.45) is 5.11 Å². The van der Waals surface area contributed by atoms with Gasteiger partial charge in [-0.25, -0.2) is 0 Å². The van der Waals surface area contributed by atoms with E-state index in [1.165, 1.54) is 0 Å². The molecule has 9 heteroatoms. The second-order valence-corrected chi connectivity index (χ2v) is 3.08. The van der Waals surface area contributed by atoms with Crippen LogP contribution in [-0.2, 0) is 28.5 Å². The maximum atomic E-state index is 9.76. The van der Waals surface area contributed by atoms with Crippen molar-refractivity contribution in [1.82, 2.24) is 0 Å². The molecule has 0 unspecified atom stereocenters. The van der Waals surface area contributed by atoms with E-state index in [1.807, 2.05) is 0 Å². The zero-order valence-electron chi connectivity index (χ0n) is 10.7. The third kappa shape index (κ3) is 16.6. The van der Waals surface area contributed by atoms with Gasteiger partial charge in [0.2, 0.25) is 0 Å². The summed E-state index contributed by atoms with van der Waals surface area (Å²) in [7, 11) is 0. The van der Waals surface area contributed by atoms with Crippen LogP contribution in [-0.4, -0.2) is 66.1 Å². The molecule has 0 saturated heterocycles. The monoisotopic (exact) mass is 277 g/mol. The van der Waals surface area contributed by atoms with Crippen molar-refractivity contribution < 1.29 is 28.5 Å². The summed E-state index contributed by atoms with van der Waals surface area (Å²) in [4.78, 5) is 12.4. The predicted octanol–water partition coefficient (Wildman–Crippen LogP) is 0.494. The number of azide groups is 1. The molecule has 0 radical (unpaired) electrons. The van der Waals surface area contributed by atoms with Gasteiger partial charge in [0, 0.05) is 11.5 Å². The molecule has 0 aromatic rings. The first kappa shape index (κ1) is 17.6. The summed E-state index contributed by atoms with van der Waals surface area (Å²) < 4.78 is 24.7. The molecule has 0 heterocycles. The standard InChI is InChI=1S/C10H19N3O6/c11-13-12-1-2-15-3-4-16-5-6-17-7-8-18-10-19-9-14/h9H,1-8,10H2. The number of carbonyl (C=O) groups is 1. The van der Waals surface area contributed by atoms with E-state index in [-0.39, 0.29) is 6.79 Å². The highest BCUT2D eigenvalue weighted by Crippen LogP contribution is 1.83. The van der Waals surface area contributed by atoms with Crippen LogP contribution in [0.1, 0.15) is 0 Å². The van der Waals surface area contributed by atoms with E-state index < -0.39 is 0 Å². The lowest BCUT2D eigenvalue weighted by Gasteiger charge is -2.06. The Kier molecular flexibility index (Phi) is 15.4. The lowest BCUT2D eigenvalue weighted by molar-refractivity contribution is -0.142. The molecule has 0 rings (SSSR count). The summed E-state index contributed by atoms with van der Waals surface area (Å²) >= 11 is 0. The van der Waals surface area contributed by atoms with Crippen LogP contribution >= 0.6 is 0 Å². The van der Waals surface area contributed by atoms with Gasteiger partial charge in [-0.15, -0.1) is 0 Å². The Morgan fingerprint density at radius 3 is 1.95 bits per heavy atom. The Morgan fingerprint density at radius 1 is 0.895 bits per heavy atom. The minimum absolute atomic E-state index is 0.0590. The van der Waals surface area contributed by atoms with Gasteiger partial charge in [0.25, 0.3) is 6.47 Å². The second kappa shape index (κ2) is 16.6. The second-order valence-electron chi connectivity index (χ2n) is 3.08. The largest absolute Gasteiger partial charge is 0.441 e. The molecule has 0 saturated carbocycles. The molecule has 0 atom stereocenters. The molecule has 0 N–H and O–H groups in total. The highest BCUT2D eigenvalue weighted by atomic mass is 16.7. The first-order valence-corrected chi connectivity index (χ1v) is 5.79. The average Bonchev–Trinajstić information content (AvgIpc) is 2.43. The first-order chi connectivity index (χ1) is 9.41. The molecule has 0 spiro atoms. The molecule has 110 valence electrons. The van der Waals surface area contributed by atoms with E-state index in [1.54, 1.807) is 0 Å². The fourth-order valence-electron chi connectivity index (χ4n) is 0.945. The molecule has 0 aromatic carbocycles. The van der Waals surface area contributed by atoms with Gasteiger partial charge in [-0.05, 0) is 5.53 Å². The Hall–Kier alpha value is -1.38. The number of hydrogen-bond donors (Lipinski definition) is 0. The van der Waals surface area contributed by atoms with Crippen molar-refractivity contribution in [2.75, 3.05) is 59.6 Å². The maximum Gasteiger partial charge on any atom is 0.295 e. The summed E-state index contributed by atoms with van der Waals surface area (Å²) in [6, 6.07) is 0. The van der Waals surface area contributed by atoms with Crippen molar-refractivity contribution in [3.63, 3.8) is 0 Å². The first-order valence-electron chi connectivity index (χ1n) is 5.79. The Morgan fingerprint density at radius 2 is 1.42 bits per heavy atom. The number of ether oxygens (including phenoxy) is 5. The topological polar surface area (TPSA) is 112 Å². The summed E-state index contributed by atoms with van der Waals surface area (Å²) in [6.45, 7) is 3.58. The fraction of sp³-hybridized carbons (Fsp3) is 0.900. The SMILES string of the molecule is [N-]=[N+]=NCCOCCOCCOCCOCOC=O. The van der Waals surface area contributed by atoms with Crippen LogP contribution in [0.2, 0.25) is 0 Å². The van der Waals surface area contributed by atoms with E-state index in [9.17, 15) is 4.79 Å². The lowest BCUT2D eigenvalue weighted by atomic mass is 10.7. The van der Waals surface area contributed by atoms with Gasteiger partial charge in [-0.2, -0.15) is 0 Å². The van der Waals surface area contributed by atoms with Gasteiger partial charge in [-0.3, -0.25) is 4.79 Å². The van der Waals surface area contributed by atoms with E-state index in [0.717, 1.165) is 0 Å². The van der Waals surface area contributed by atoms with Gasteiger partial charge in [0.1, 0.15) is 0 Å². The zero-order valence-corrected chi connectivity index (χ0v) is 10.7. The minimum atomic E-state index is -0.0590. The van der Waals surface area contributed by atoms with Crippen LogP contribution in [0.5, 0.6) is 0 Å². The van der Waals surface area contributed by atoms with Crippen molar-refractivity contribution in [3.8, 4) is 0 Å². The van der Waals surface area contributed by atoms with Crippen molar-refractivity contribution in [1.29, 1.82) is 0 Å². The molecule has 0 aliphatic rings. The highest BCUT2D eigenvalue weighted by molar-refractivity contribution is 5.36. The van der Waals surface area contributed by atoms with Gasteiger partial charge < -0.3 is 23.7 Å². The van der Waals surface area contributed by atoms with Gasteiger partial charge in [0.05, 0.1) is 46.2 Å². The molecule has 0 amide bonds. The smallest absolute Gasteiger partial charge is 0.295 e. The molecule has 9 nitrogen and oxygen atoms in total. The van der Waals surface area contributed by atoms with E-state index >= 15 is 0 Å². The van der Waals surface area contributed by atoms with Crippen LogP contribution < -0.4 is 0 Å². The minimum Gasteiger partial charge on any atom is -0.441 e. The zero-order chi connectivity index (χ0) is 14.0. The molecule has 0 aliphatic carbocycles. The van der Waals surface area contributed by atoms with Crippen LogP contribution in [0.25, 0.3) is 10.4 Å². The van der Waals surface area contributed by atoms with Crippen LogP contribution in [0.15, 0.2) is 5.11 Å². The van der Waals surface area contributed by atoms with Crippen molar-refractivity contribution >= 4 is 6.47 Å². The molecule has 0 aliphatic heterocycles. The van der Waals surface area contributed by atoms with Gasteiger partial charge >= 0.3 is 0 Å². The number of nitrogens with zero attached hydrogens (tertiary/aromatic N) is 3. The van der Waals surface area contributed by atoms with E-state index in [0.29, 0.717) is 59.3 Å². The Bertz CT molecular complexity index is 247. The normalized spacial score (nSPS) is 9.89. The average molecular weight is 277 g/mol. The maximum absolute atomic E-state index is 9.76. The quantitative estimate of drug-likeness (QED) is 0.107. The third-order valence-corrected chi connectivity index (χ3v) is 1.73. The summed E-state index contributed by atoms with van der Waals surface area (Å²) in [5, 5.41) is 3.32. The molecular formula is C10H19N3O6. The van der Waals surface area contributed by atoms with E-state index in [4.69, 9.17) is 24.5 Å². The summed E-state index contributed by atoms with van der Waals surface area (Å²) in [5.41, 5.74) is 8.00. The molecular weight excluding hydrogens is 258 g/mol. The highest BCUT2D eigenvalue weighted by Gasteiger charge is 1.92. The fourth-order valence-corrected chi connectivity index (χ4v) is 0.945. The van der Waals surface area contributed by atoms with Crippen molar-refractivity contribution in [2.45, 2.75) is 0 Å².